The molecule has 0 aliphatic carbocycles. The van der Waals surface area contributed by atoms with Crippen molar-refractivity contribution in [1.29, 1.82) is 0 Å². The van der Waals surface area contributed by atoms with Crippen LogP contribution in [0.4, 0.5) is 13.2 Å². The highest BCUT2D eigenvalue weighted by atomic mass is 35.5. The first-order valence-electron chi connectivity index (χ1n) is 9.44. The van der Waals surface area contributed by atoms with Gasteiger partial charge >= 0.3 is 6.18 Å². The predicted molar refractivity (Wildman–Crippen MR) is 108 cm³/mol. The summed E-state index contributed by atoms with van der Waals surface area (Å²) in [4.78, 5) is 39.9. The zero-order valence-electron chi connectivity index (χ0n) is 16.3. The number of carbonyl (C=O) groups excluding carboxylic acids is 3. The summed E-state index contributed by atoms with van der Waals surface area (Å²) in [5.41, 5.74) is -1.15. The Labute approximate surface area is 181 Å². The summed E-state index contributed by atoms with van der Waals surface area (Å²) < 4.78 is 39.5. The molecular formula is C21H19ClF3N3O3. The van der Waals surface area contributed by atoms with Crippen molar-refractivity contribution >= 4 is 29.3 Å². The lowest BCUT2D eigenvalue weighted by Crippen LogP contribution is -2.52. The molecule has 2 aromatic rings. The van der Waals surface area contributed by atoms with E-state index < -0.39 is 29.1 Å². The highest BCUT2D eigenvalue weighted by Gasteiger charge is 2.36. The monoisotopic (exact) mass is 453 g/mol. The molecule has 164 valence electrons. The number of nitrogens with zero attached hydrogens (tertiary/aromatic N) is 2. The smallest absolute Gasteiger partial charge is 0.343 e. The lowest BCUT2D eigenvalue weighted by atomic mass is 10.1. The Kier molecular flexibility index (Phi) is 6.84. The third-order valence-electron chi connectivity index (χ3n) is 4.90. The molecule has 10 heteroatoms. The molecule has 0 bridgehead atoms. The fourth-order valence-electron chi connectivity index (χ4n) is 3.25. The zero-order valence-corrected chi connectivity index (χ0v) is 17.0. The molecule has 1 fully saturated rings. The number of halogens is 4. The molecule has 2 aromatic carbocycles. The molecule has 31 heavy (non-hydrogen) atoms. The molecule has 3 rings (SSSR count). The highest BCUT2D eigenvalue weighted by Crippen LogP contribution is 2.32. The molecule has 1 aliphatic heterocycles. The number of carbonyl (C=O) groups is 3. The van der Waals surface area contributed by atoms with E-state index >= 15 is 0 Å². The minimum absolute atomic E-state index is 0.0925. The summed E-state index contributed by atoms with van der Waals surface area (Å²) in [5, 5.41) is 2.76. The Hall–Kier alpha value is -3.07. The number of hydrogen-bond donors (Lipinski definition) is 1. The number of amides is 3. The summed E-state index contributed by atoms with van der Waals surface area (Å²) in [6.45, 7) is 0.237. The molecule has 0 aromatic heterocycles. The number of benzene rings is 2. The molecule has 1 saturated heterocycles. The van der Waals surface area contributed by atoms with Crippen LogP contribution in [0, 0.1) is 0 Å². The van der Waals surface area contributed by atoms with Crippen LogP contribution in [0.25, 0.3) is 0 Å². The van der Waals surface area contributed by atoms with Crippen LogP contribution in [0.3, 0.4) is 0 Å². The zero-order chi connectivity index (χ0) is 22.6. The van der Waals surface area contributed by atoms with Gasteiger partial charge in [0, 0.05) is 26.2 Å². The van der Waals surface area contributed by atoms with Crippen molar-refractivity contribution in [3.05, 3.63) is 70.2 Å². The minimum Gasteiger partial charge on any atom is -0.343 e. The van der Waals surface area contributed by atoms with Crippen LogP contribution in [-0.2, 0) is 11.0 Å². The van der Waals surface area contributed by atoms with Crippen molar-refractivity contribution in [2.75, 3.05) is 32.7 Å². The van der Waals surface area contributed by atoms with E-state index in [4.69, 9.17) is 11.6 Å². The van der Waals surface area contributed by atoms with Crippen molar-refractivity contribution in [1.82, 2.24) is 15.1 Å². The summed E-state index contributed by atoms with van der Waals surface area (Å²) >= 11 is 5.95. The fraction of sp³-hybridized carbons (Fsp3) is 0.286. The van der Waals surface area contributed by atoms with E-state index in [0.717, 1.165) is 12.1 Å². The summed E-state index contributed by atoms with van der Waals surface area (Å²) in [5.74, 6) is -1.58. The average Bonchev–Trinajstić information content (AvgIpc) is 2.76. The van der Waals surface area contributed by atoms with Gasteiger partial charge in [0.15, 0.2) is 0 Å². The third-order valence-corrected chi connectivity index (χ3v) is 5.23. The van der Waals surface area contributed by atoms with E-state index in [9.17, 15) is 27.6 Å². The van der Waals surface area contributed by atoms with Crippen LogP contribution in [0.1, 0.15) is 26.3 Å². The molecule has 1 heterocycles. The molecule has 1 aliphatic rings. The Morgan fingerprint density at radius 3 is 2.03 bits per heavy atom. The number of hydrogen-bond acceptors (Lipinski definition) is 3. The van der Waals surface area contributed by atoms with Crippen LogP contribution < -0.4 is 5.32 Å². The van der Waals surface area contributed by atoms with Gasteiger partial charge in [-0.2, -0.15) is 13.2 Å². The fourth-order valence-corrected chi connectivity index (χ4v) is 3.48. The van der Waals surface area contributed by atoms with Crippen molar-refractivity contribution in [3.8, 4) is 0 Å². The first-order valence-corrected chi connectivity index (χ1v) is 9.82. The van der Waals surface area contributed by atoms with E-state index in [1.54, 1.807) is 18.2 Å². The lowest BCUT2D eigenvalue weighted by molar-refractivity contribution is -0.138. The highest BCUT2D eigenvalue weighted by molar-refractivity contribution is 6.33. The lowest BCUT2D eigenvalue weighted by Gasteiger charge is -2.35. The summed E-state index contributed by atoms with van der Waals surface area (Å²) in [7, 11) is 0. The van der Waals surface area contributed by atoms with E-state index in [0.29, 0.717) is 0 Å². The van der Waals surface area contributed by atoms with Crippen LogP contribution >= 0.6 is 11.6 Å². The summed E-state index contributed by atoms with van der Waals surface area (Å²) in [6.07, 6.45) is -4.64. The maximum atomic E-state index is 13.2. The van der Waals surface area contributed by atoms with Crippen LogP contribution in [0.2, 0.25) is 5.02 Å². The second kappa shape index (κ2) is 9.38. The Bertz CT molecular complexity index is 989. The normalized spacial score (nSPS) is 14.3. The largest absolute Gasteiger partial charge is 0.417 e. The predicted octanol–water partition coefficient (Wildman–Crippen LogP) is 3.07. The molecular weight excluding hydrogens is 435 g/mol. The SMILES string of the molecule is O=C(NCC(=O)N1CCN(C(=O)c2ccccc2C(F)(F)F)CC1)c1ccccc1Cl. The van der Waals surface area contributed by atoms with Gasteiger partial charge in [-0.3, -0.25) is 14.4 Å². The maximum Gasteiger partial charge on any atom is 0.417 e. The van der Waals surface area contributed by atoms with E-state index in [1.165, 1.54) is 28.0 Å². The van der Waals surface area contributed by atoms with Gasteiger partial charge in [-0.05, 0) is 24.3 Å². The Morgan fingerprint density at radius 2 is 1.42 bits per heavy atom. The Balaban J connectivity index is 1.55. The van der Waals surface area contributed by atoms with Crippen molar-refractivity contribution < 1.29 is 27.6 Å². The van der Waals surface area contributed by atoms with Crippen molar-refractivity contribution in [2.45, 2.75) is 6.18 Å². The van der Waals surface area contributed by atoms with E-state index in [2.05, 4.69) is 5.32 Å². The molecule has 6 nitrogen and oxygen atoms in total. The van der Waals surface area contributed by atoms with E-state index in [-0.39, 0.29) is 49.2 Å². The molecule has 1 N–H and O–H groups in total. The van der Waals surface area contributed by atoms with Crippen LogP contribution in [0.15, 0.2) is 48.5 Å². The molecule has 0 unspecified atom stereocenters. The van der Waals surface area contributed by atoms with Gasteiger partial charge in [0.1, 0.15) is 0 Å². The van der Waals surface area contributed by atoms with Crippen molar-refractivity contribution in [3.63, 3.8) is 0 Å². The van der Waals surface area contributed by atoms with Crippen LogP contribution in [0.5, 0.6) is 0 Å². The molecule has 0 atom stereocenters. The van der Waals surface area contributed by atoms with E-state index in [1.807, 2.05) is 0 Å². The summed E-state index contributed by atoms with van der Waals surface area (Å²) in [6, 6.07) is 11.0. The van der Waals surface area contributed by atoms with Gasteiger partial charge in [0.05, 0.1) is 28.3 Å². The third kappa shape index (κ3) is 5.35. The number of piperazine rings is 1. The molecule has 3 amide bonds. The number of alkyl halides is 3. The minimum atomic E-state index is -4.64. The second-order valence-electron chi connectivity index (χ2n) is 6.88. The van der Waals surface area contributed by atoms with Crippen molar-refractivity contribution in [2.24, 2.45) is 0 Å². The first-order chi connectivity index (χ1) is 14.7. The van der Waals surface area contributed by atoms with Gasteiger partial charge in [0.25, 0.3) is 11.8 Å². The van der Waals surface area contributed by atoms with Gasteiger partial charge in [-0.25, -0.2) is 0 Å². The maximum absolute atomic E-state index is 13.2. The van der Waals surface area contributed by atoms with Gasteiger partial charge < -0.3 is 15.1 Å². The average molecular weight is 454 g/mol. The quantitative estimate of drug-likeness (QED) is 0.773. The van der Waals surface area contributed by atoms with Gasteiger partial charge in [-0.15, -0.1) is 0 Å². The van der Waals surface area contributed by atoms with Gasteiger partial charge in [-0.1, -0.05) is 35.9 Å². The standard InChI is InChI=1S/C21H19ClF3N3O3/c22-17-8-4-2-6-15(17)19(30)26-13-18(29)27-9-11-28(12-10-27)20(31)14-5-1-3-7-16(14)21(23,24)25/h1-8H,9-13H2,(H,26,30). The van der Waals surface area contributed by atoms with Gasteiger partial charge in [0.2, 0.25) is 5.91 Å². The molecule has 0 radical (unpaired) electrons. The first kappa shape index (κ1) is 22.6. The molecule has 0 spiro atoms. The van der Waals surface area contributed by atoms with Crippen LogP contribution in [-0.4, -0.2) is 60.2 Å². The number of nitrogens with one attached hydrogen (secondary N) is 1. The Morgan fingerprint density at radius 1 is 0.871 bits per heavy atom. The number of rotatable bonds is 4. The topological polar surface area (TPSA) is 69.7 Å². The molecule has 0 saturated carbocycles. The second-order valence-corrected chi connectivity index (χ2v) is 7.29.